The van der Waals surface area contributed by atoms with E-state index in [1.807, 2.05) is 0 Å². The molecule has 0 saturated carbocycles. The number of hydrogen-bond acceptors (Lipinski definition) is 7. The number of carbonyl (C=O) groups excluding carboxylic acids is 2. The lowest BCUT2D eigenvalue weighted by atomic mass is 9.82. The molecule has 3 heterocycles. The van der Waals surface area contributed by atoms with Crippen LogP contribution in [0.5, 0.6) is 17.2 Å². The third kappa shape index (κ3) is 4.00. The summed E-state index contributed by atoms with van der Waals surface area (Å²) in [5, 5.41) is 0. The van der Waals surface area contributed by atoms with Crippen molar-refractivity contribution in [3.05, 3.63) is 50.8 Å². The molecule has 0 unspecified atom stereocenters. The number of aromatic amines is 1. The number of aromatic nitrogens is 2. The maximum atomic E-state index is 12.8. The molecule has 0 aliphatic carbocycles. The number of nitrogens with zero attached hydrogens (tertiary/aromatic N) is 2. The number of ketones is 1. The van der Waals surface area contributed by atoms with Gasteiger partial charge in [0.25, 0.3) is 5.56 Å². The first-order valence-electron chi connectivity index (χ1n) is 10.4. The molecule has 10 heteroatoms. The number of piperidine rings is 1. The number of benzene rings is 1. The van der Waals surface area contributed by atoms with Gasteiger partial charge in [0.1, 0.15) is 5.60 Å². The van der Waals surface area contributed by atoms with E-state index >= 15 is 0 Å². The number of H-pyrrole nitrogens is 1. The highest BCUT2D eigenvalue weighted by Gasteiger charge is 2.45. The second-order valence-corrected chi connectivity index (χ2v) is 8.00. The van der Waals surface area contributed by atoms with Gasteiger partial charge < -0.3 is 23.7 Å². The minimum atomic E-state index is -0.698. The van der Waals surface area contributed by atoms with Crippen molar-refractivity contribution in [3.8, 4) is 17.2 Å². The highest BCUT2D eigenvalue weighted by atomic mass is 16.5. The van der Waals surface area contributed by atoms with E-state index < -0.39 is 16.9 Å². The molecule has 1 aromatic heterocycles. The van der Waals surface area contributed by atoms with Crippen LogP contribution in [0.3, 0.4) is 0 Å². The van der Waals surface area contributed by atoms with Gasteiger partial charge in [-0.3, -0.25) is 19.4 Å². The predicted molar refractivity (Wildman–Crippen MR) is 114 cm³/mol. The normalized spacial score (nSPS) is 16.9. The number of aryl methyl sites for hydroxylation is 1. The largest absolute Gasteiger partial charge is 0.493 e. The van der Waals surface area contributed by atoms with Crippen LogP contribution in [0.2, 0.25) is 0 Å². The molecule has 1 N–H and O–H groups in total. The summed E-state index contributed by atoms with van der Waals surface area (Å²) in [5.41, 5.74) is -1.24. The monoisotopic (exact) mass is 443 g/mol. The lowest BCUT2D eigenvalue weighted by molar-refractivity contribution is -0.135. The number of fused-ring (bicyclic) bond motifs is 1. The summed E-state index contributed by atoms with van der Waals surface area (Å²) in [4.78, 5) is 52.3. The van der Waals surface area contributed by atoms with Crippen LogP contribution in [0, 0.1) is 0 Å². The molecule has 1 amide bonds. The zero-order chi connectivity index (χ0) is 22.9. The number of carbonyl (C=O) groups is 2. The zero-order valence-electron chi connectivity index (χ0n) is 18.0. The van der Waals surface area contributed by atoms with Gasteiger partial charge in [0.15, 0.2) is 17.3 Å². The number of hydrogen-bond donors (Lipinski definition) is 1. The van der Waals surface area contributed by atoms with Gasteiger partial charge in [-0.15, -0.1) is 0 Å². The summed E-state index contributed by atoms with van der Waals surface area (Å²) >= 11 is 0. The van der Waals surface area contributed by atoms with E-state index in [4.69, 9.17) is 14.2 Å². The van der Waals surface area contributed by atoms with Crippen molar-refractivity contribution < 1.29 is 23.8 Å². The summed E-state index contributed by atoms with van der Waals surface area (Å²) in [6, 6.07) is 4.62. The average Bonchev–Trinajstić information content (AvgIpc) is 2.78. The van der Waals surface area contributed by atoms with E-state index in [1.165, 1.54) is 31.0 Å². The van der Waals surface area contributed by atoms with Crippen LogP contribution in [0.4, 0.5) is 0 Å². The number of ether oxygens (including phenoxy) is 3. The summed E-state index contributed by atoms with van der Waals surface area (Å²) in [6.07, 6.45) is 2.75. The fourth-order valence-electron chi connectivity index (χ4n) is 4.30. The fraction of sp³-hybridized carbons (Fsp3) is 0.455. The Morgan fingerprint density at radius 3 is 2.53 bits per heavy atom. The first-order chi connectivity index (χ1) is 15.4. The van der Waals surface area contributed by atoms with Crippen LogP contribution in [-0.2, 0) is 11.3 Å². The number of rotatable bonds is 5. The van der Waals surface area contributed by atoms with Crippen molar-refractivity contribution >= 4 is 11.7 Å². The van der Waals surface area contributed by atoms with Crippen molar-refractivity contribution in [3.63, 3.8) is 0 Å². The maximum absolute atomic E-state index is 12.8. The molecule has 2 aromatic rings. The van der Waals surface area contributed by atoms with Gasteiger partial charge in [-0.2, -0.15) is 0 Å². The molecule has 1 fully saturated rings. The van der Waals surface area contributed by atoms with E-state index in [-0.39, 0.29) is 31.1 Å². The topological polar surface area (TPSA) is 120 Å². The van der Waals surface area contributed by atoms with E-state index in [9.17, 15) is 19.2 Å². The van der Waals surface area contributed by atoms with Gasteiger partial charge in [-0.05, 0) is 12.1 Å². The molecule has 2 aliphatic rings. The number of Topliss-reactive ketones (excluding diaryl/α,β-unsaturated/α-hetero) is 1. The minimum absolute atomic E-state index is 0.0237. The Bertz CT molecular complexity index is 1160. The van der Waals surface area contributed by atoms with Crippen LogP contribution in [0.25, 0.3) is 0 Å². The Hall–Kier alpha value is -3.56. The van der Waals surface area contributed by atoms with Crippen molar-refractivity contribution in [2.75, 3.05) is 27.3 Å². The number of likely N-dealkylation sites (tertiary alicyclic amines) is 1. The molecule has 170 valence electrons. The SMILES string of the molecule is COc1ccc2c(c1OC)OC1(CCN(C(=O)CCn3ccc(=O)[nH]c3=O)CC1)CC2=O. The van der Waals surface area contributed by atoms with Crippen molar-refractivity contribution in [1.82, 2.24) is 14.5 Å². The fourth-order valence-corrected chi connectivity index (χ4v) is 4.30. The molecular formula is C22H25N3O7. The predicted octanol–water partition coefficient (Wildman–Crippen LogP) is 0.970. The minimum Gasteiger partial charge on any atom is -0.493 e. The second-order valence-electron chi connectivity index (χ2n) is 8.00. The van der Waals surface area contributed by atoms with Crippen LogP contribution in [0.1, 0.15) is 36.0 Å². The molecule has 10 nitrogen and oxygen atoms in total. The average molecular weight is 443 g/mol. The maximum Gasteiger partial charge on any atom is 0.328 e. The first kappa shape index (κ1) is 21.7. The van der Waals surface area contributed by atoms with Gasteiger partial charge in [-0.25, -0.2) is 4.79 Å². The van der Waals surface area contributed by atoms with E-state index in [0.29, 0.717) is 48.7 Å². The van der Waals surface area contributed by atoms with Gasteiger partial charge in [0, 0.05) is 51.2 Å². The Balaban J connectivity index is 1.43. The first-order valence-corrected chi connectivity index (χ1v) is 10.4. The zero-order valence-corrected chi connectivity index (χ0v) is 18.0. The van der Waals surface area contributed by atoms with Gasteiger partial charge in [0.2, 0.25) is 11.7 Å². The third-order valence-corrected chi connectivity index (χ3v) is 6.09. The van der Waals surface area contributed by atoms with Crippen LogP contribution in [0.15, 0.2) is 34.0 Å². The lowest BCUT2D eigenvalue weighted by Gasteiger charge is -2.44. The number of amides is 1. The molecule has 4 rings (SSSR count). The Morgan fingerprint density at radius 2 is 1.88 bits per heavy atom. The third-order valence-electron chi connectivity index (χ3n) is 6.09. The lowest BCUT2D eigenvalue weighted by Crippen LogP contribution is -2.52. The number of methoxy groups -OCH3 is 2. The molecule has 1 saturated heterocycles. The Morgan fingerprint density at radius 1 is 1.12 bits per heavy atom. The van der Waals surface area contributed by atoms with E-state index in [0.717, 1.165) is 0 Å². The molecule has 2 aliphatic heterocycles. The van der Waals surface area contributed by atoms with Gasteiger partial charge in [0.05, 0.1) is 26.2 Å². The number of nitrogens with one attached hydrogen (secondary N) is 1. The molecular weight excluding hydrogens is 418 g/mol. The van der Waals surface area contributed by atoms with E-state index in [1.54, 1.807) is 17.0 Å². The van der Waals surface area contributed by atoms with Crippen LogP contribution < -0.4 is 25.5 Å². The highest BCUT2D eigenvalue weighted by Crippen LogP contribution is 2.47. The van der Waals surface area contributed by atoms with Gasteiger partial charge in [-0.1, -0.05) is 0 Å². The van der Waals surface area contributed by atoms with Crippen molar-refractivity contribution in [1.29, 1.82) is 0 Å². The van der Waals surface area contributed by atoms with Crippen LogP contribution >= 0.6 is 0 Å². The molecule has 1 aromatic carbocycles. The summed E-state index contributed by atoms with van der Waals surface area (Å²) in [7, 11) is 3.03. The summed E-state index contributed by atoms with van der Waals surface area (Å²) in [6.45, 7) is 1.05. The molecule has 32 heavy (non-hydrogen) atoms. The highest BCUT2D eigenvalue weighted by molar-refractivity contribution is 6.01. The Labute approximate surface area is 183 Å². The van der Waals surface area contributed by atoms with Crippen molar-refractivity contribution in [2.45, 2.75) is 37.8 Å². The quantitative estimate of drug-likeness (QED) is 0.731. The molecule has 1 spiro atoms. The standard InChI is InChI=1S/C22H25N3O7/c1-30-16-4-3-14-15(26)13-22(32-19(14)20(16)31-2)7-11-24(12-8-22)18(28)6-10-25-9-5-17(27)23-21(25)29/h3-5,9H,6-8,10-13H2,1-2H3,(H,23,27,29). The molecule has 0 bridgehead atoms. The van der Waals surface area contributed by atoms with Gasteiger partial charge >= 0.3 is 5.69 Å². The smallest absolute Gasteiger partial charge is 0.328 e. The molecule has 0 radical (unpaired) electrons. The van der Waals surface area contributed by atoms with E-state index in [2.05, 4.69) is 4.98 Å². The Kier molecular flexibility index (Phi) is 5.77. The second kappa shape index (κ2) is 8.52. The molecule has 0 atom stereocenters. The summed E-state index contributed by atoms with van der Waals surface area (Å²) < 4.78 is 18.4. The van der Waals surface area contributed by atoms with Crippen molar-refractivity contribution in [2.24, 2.45) is 0 Å². The summed E-state index contributed by atoms with van der Waals surface area (Å²) in [5.74, 6) is 1.15. The van der Waals surface area contributed by atoms with Crippen LogP contribution in [-0.4, -0.2) is 59.1 Å².